The van der Waals surface area contributed by atoms with Crippen LogP contribution in [0.4, 0.5) is 0 Å². The SMILES string of the molecule is C.CCN1C(=O)C(C)(CC)N(C)C1=S. The Morgan fingerprint density at radius 3 is 2.14 bits per heavy atom. The summed E-state index contributed by atoms with van der Waals surface area (Å²) in [6.07, 6.45) is 0.791. The van der Waals surface area contributed by atoms with Crippen LogP contribution in [0.2, 0.25) is 0 Å². The Bertz CT molecular complexity index is 255. The topological polar surface area (TPSA) is 23.6 Å². The molecule has 0 aliphatic carbocycles. The molecule has 4 heteroatoms. The molecule has 1 aliphatic heterocycles. The van der Waals surface area contributed by atoms with Crippen molar-refractivity contribution in [1.29, 1.82) is 0 Å². The molecule has 0 bridgehead atoms. The number of hydrogen-bond acceptors (Lipinski definition) is 2. The Morgan fingerprint density at radius 2 is 1.93 bits per heavy atom. The lowest BCUT2D eigenvalue weighted by molar-refractivity contribution is -0.132. The van der Waals surface area contributed by atoms with Crippen LogP contribution in [0, 0.1) is 0 Å². The molecule has 14 heavy (non-hydrogen) atoms. The van der Waals surface area contributed by atoms with E-state index in [0.717, 1.165) is 6.42 Å². The molecule has 0 N–H and O–H groups in total. The molecule has 1 saturated heterocycles. The average molecular weight is 216 g/mol. The fourth-order valence-electron chi connectivity index (χ4n) is 1.58. The normalized spacial score (nSPS) is 26.9. The molecule has 82 valence electrons. The summed E-state index contributed by atoms with van der Waals surface area (Å²) in [6, 6.07) is 0. The van der Waals surface area contributed by atoms with Crippen LogP contribution in [0.25, 0.3) is 0 Å². The van der Waals surface area contributed by atoms with Crippen molar-refractivity contribution in [2.24, 2.45) is 0 Å². The van der Waals surface area contributed by atoms with Gasteiger partial charge in [-0.25, -0.2) is 0 Å². The first-order valence-corrected chi connectivity index (χ1v) is 4.99. The van der Waals surface area contributed by atoms with Crippen LogP contribution in [0.3, 0.4) is 0 Å². The van der Waals surface area contributed by atoms with Crippen LogP contribution in [-0.4, -0.2) is 40.0 Å². The fourth-order valence-corrected chi connectivity index (χ4v) is 1.99. The van der Waals surface area contributed by atoms with Crippen LogP contribution < -0.4 is 0 Å². The highest BCUT2D eigenvalue weighted by molar-refractivity contribution is 7.80. The number of hydrogen-bond donors (Lipinski definition) is 0. The van der Waals surface area contributed by atoms with E-state index in [9.17, 15) is 4.79 Å². The third-order valence-corrected chi connectivity index (χ3v) is 3.46. The maximum absolute atomic E-state index is 11.9. The Labute approximate surface area is 92.1 Å². The van der Waals surface area contributed by atoms with E-state index >= 15 is 0 Å². The predicted octanol–water partition coefficient (Wildman–Crippen LogP) is 1.87. The van der Waals surface area contributed by atoms with Crippen molar-refractivity contribution in [3.8, 4) is 0 Å². The standard InChI is InChI=1S/C9H16N2OS.CH4/c1-5-9(3)7(12)11(6-2)8(13)10(9)4;/h5-6H2,1-4H3;1H4. The predicted molar refractivity (Wildman–Crippen MR) is 63.2 cm³/mol. The minimum Gasteiger partial charge on any atom is -0.337 e. The summed E-state index contributed by atoms with van der Waals surface area (Å²) in [5.41, 5.74) is -0.424. The van der Waals surface area contributed by atoms with Crippen LogP contribution in [-0.2, 0) is 4.79 Å². The van der Waals surface area contributed by atoms with Gasteiger partial charge in [-0.2, -0.15) is 0 Å². The number of carbonyl (C=O) groups excluding carboxylic acids is 1. The largest absolute Gasteiger partial charge is 0.337 e. The number of rotatable bonds is 2. The van der Waals surface area contributed by atoms with Crippen LogP contribution in [0.1, 0.15) is 34.6 Å². The first kappa shape index (κ1) is 13.4. The van der Waals surface area contributed by atoms with Crippen molar-refractivity contribution < 1.29 is 4.79 Å². The van der Waals surface area contributed by atoms with Crippen molar-refractivity contribution >= 4 is 23.2 Å². The van der Waals surface area contributed by atoms with Gasteiger partial charge in [0.2, 0.25) is 0 Å². The lowest BCUT2D eigenvalue weighted by atomic mass is 9.98. The number of likely N-dealkylation sites (N-methyl/N-ethyl adjacent to an activating group) is 2. The van der Waals surface area contributed by atoms with Gasteiger partial charge in [0.1, 0.15) is 5.54 Å². The van der Waals surface area contributed by atoms with E-state index in [-0.39, 0.29) is 13.3 Å². The van der Waals surface area contributed by atoms with Gasteiger partial charge in [-0.1, -0.05) is 14.4 Å². The molecule has 0 saturated carbocycles. The van der Waals surface area contributed by atoms with E-state index in [1.165, 1.54) is 0 Å². The maximum Gasteiger partial charge on any atom is 0.254 e. The number of thiocarbonyl (C=S) groups is 1. The average Bonchev–Trinajstić information content (AvgIpc) is 2.29. The molecule has 1 unspecified atom stereocenters. The molecular weight excluding hydrogens is 196 g/mol. The van der Waals surface area contributed by atoms with E-state index in [4.69, 9.17) is 12.2 Å². The zero-order valence-corrected chi connectivity index (χ0v) is 9.44. The monoisotopic (exact) mass is 216 g/mol. The Morgan fingerprint density at radius 1 is 1.43 bits per heavy atom. The molecular formula is C10H20N2OS. The second kappa shape index (κ2) is 4.26. The van der Waals surface area contributed by atoms with Crippen LogP contribution in [0.5, 0.6) is 0 Å². The molecule has 1 heterocycles. The van der Waals surface area contributed by atoms with E-state index in [2.05, 4.69) is 0 Å². The molecule has 0 radical (unpaired) electrons. The first-order valence-electron chi connectivity index (χ1n) is 4.58. The zero-order chi connectivity index (χ0) is 10.2. The quantitative estimate of drug-likeness (QED) is 0.658. The van der Waals surface area contributed by atoms with Gasteiger partial charge in [0.25, 0.3) is 5.91 Å². The second-order valence-electron chi connectivity index (χ2n) is 3.52. The number of amides is 1. The van der Waals surface area contributed by atoms with Crippen LogP contribution in [0.15, 0.2) is 0 Å². The van der Waals surface area contributed by atoms with Gasteiger partial charge in [-0.05, 0) is 32.5 Å². The summed E-state index contributed by atoms with van der Waals surface area (Å²) >= 11 is 5.19. The summed E-state index contributed by atoms with van der Waals surface area (Å²) in [5, 5.41) is 0.650. The van der Waals surface area contributed by atoms with Gasteiger partial charge in [-0.3, -0.25) is 9.69 Å². The molecule has 1 fully saturated rings. The third kappa shape index (κ3) is 1.52. The Hall–Kier alpha value is -0.640. The highest BCUT2D eigenvalue weighted by Gasteiger charge is 2.48. The number of carbonyl (C=O) groups is 1. The van der Waals surface area contributed by atoms with Gasteiger partial charge in [0, 0.05) is 13.6 Å². The highest BCUT2D eigenvalue weighted by Crippen LogP contribution is 2.28. The van der Waals surface area contributed by atoms with Crippen molar-refractivity contribution in [3.05, 3.63) is 0 Å². The maximum atomic E-state index is 11.9. The van der Waals surface area contributed by atoms with E-state index in [1.54, 1.807) is 4.90 Å². The molecule has 0 aromatic rings. The van der Waals surface area contributed by atoms with Crippen molar-refractivity contribution in [1.82, 2.24) is 9.80 Å². The summed E-state index contributed by atoms with van der Waals surface area (Å²) in [6.45, 7) is 6.56. The summed E-state index contributed by atoms with van der Waals surface area (Å²) in [5.74, 6) is 0.130. The molecule has 0 aromatic carbocycles. The first-order chi connectivity index (χ1) is 5.99. The summed E-state index contributed by atoms with van der Waals surface area (Å²) < 4.78 is 0. The van der Waals surface area contributed by atoms with Gasteiger partial charge >= 0.3 is 0 Å². The fraction of sp³-hybridized carbons (Fsp3) is 0.800. The zero-order valence-electron chi connectivity index (χ0n) is 8.63. The van der Waals surface area contributed by atoms with Crippen molar-refractivity contribution in [3.63, 3.8) is 0 Å². The molecule has 1 rings (SSSR count). The van der Waals surface area contributed by atoms with Crippen LogP contribution >= 0.6 is 12.2 Å². The lowest BCUT2D eigenvalue weighted by Gasteiger charge is -2.27. The van der Waals surface area contributed by atoms with Gasteiger partial charge in [0.15, 0.2) is 5.11 Å². The minimum atomic E-state index is -0.424. The van der Waals surface area contributed by atoms with Gasteiger partial charge in [0.05, 0.1) is 0 Å². The smallest absolute Gasteiger partial charge is 0.254 e. The Balaban J connectivity index is 0.00000169. The lowest BCUT2D eigenvalue weighted by Crippen LogP contribution is -2.44. The molecule has 0 aromatic heterocycles. The highest BCUT2D eigenvalue weighted by atomic mass is 32.1. The van der Waals surface area contributed by atoms with E-state index in [1.807, 2.05) is 32.7 Å². The number of nitrogens with zero attached hydrogens (tertiary/aromatic N) is 2. The molecule has 3 nitrogen and oxygen atoms in total. The molecule has 1 aliphatic rings. The second-order valence-corrected chi connectivity index (χ2v) is 3.88. The minimum absolute atomic E-state index is 0. The molecule has 0 spiro atoms. The van der Waals surface area contributed by atoms with E-state index < -0.39 is 5.54 Å². The van der Waals surface area contributed by atoms with Crippen molar-refractivity contribution in [2.75, 3.05) is 13.6 Å². The molecule has 1 amide bonds. The molecule has 1 atom stereocenters. The van der Waals surface area contributed by atoms with Gasteiger partial charge in [-0.15, -0.1) is 0 Å². The summed E-state index contributed by atoms with van der Waals surface area (Å²) in [4.78, 5) is 15.5. The Kier molecular flexibility index (Phi) is 4.06. The van der Waals surface area contributed by atoms with Crippen molar-refractivity contribution in [2.45, 2.75) is 40.2 Å². The van der Waals surface area contributed by atoms with E-state index in [0.29, 0.717) is 11.7 Å². The summed E-state index contributed by atoms with van der Waals surface area (Å²) in [7, 11) is 1.89. The van der Waals surface area contributed by atoms with Gasteiger partial charge < -0.3 is 4.90 Å². The third-order valence-electron chi connectivity index (χ3n) is 2.97.